The molecular weight excluding hydrogens is 476 g/mol. The lowest BCUT2D eigenvalue weighted by molar-refractivity contribution is -0.152. The van der Waals surface area contributed by atoms with E-state index in [4.69, 9.17) is 18.9 Å². The smallest absolute Gasteiger partial charge is 0.411 e. The third kappa shape index (κ3) is 9.63. The molecule has 1 fully saturated rings. The zero-order chi connectivity index (χ0) is 27.4. The van der Waals surface area contributed by atoms with Crippen LogP contribution in [0.5, 0.6) is 0 Å². The highest BCUT2D eigenvalue weighted by Gasteiger charge is 2.43. The molecule has 1 aromatic rings. The van der Waals surface area contributed by atoms with Crippen LogP contribution in [-0.2, 0) is 35.0 Å². The fourth-order valence-electron chi connectivity index (χ4n) is 4.45. The molecule has 1 aliphatic rings. The molecule has 1 aliphatic heterocycles. The largest absolute Gasteiger partial charge is 0.467 e. The monoisotopic (exact) mass is 520 g/mol. The van der Waals surface area contributed by atoms with Gasteiger partial charge in [-0.25, -0.2) is 9.59 Å². The summed E-state index contributed by atoms with van der Waals surface area (Å²) in [6.07, 6.45) is 2.76. The lowest BCUT2D eigenvalue weighted by Gasteiger charge is -2.40. The number of nitrogens with zero attached hydrogens (tertiary/aromatic N) is 2. The molecule has 0 saturated carbocycles. The number of rotatable bonds is 12. The van der Waals surface area contributed by atoms with Crippen molar-refractivity contribution in [3.63, 3.8) is 0 Å². The molecule has 0 spiro atoms. The van der Waals surface area contributed by atoms with Crippen LogP contribution in [0, 0.1) is 0 Å². The van der Waals surface area contributed by atoms with Gasteiger partial charge in [-0.1, -0.05) is 50.1 Å². The minimum Gasteiger partial charge on any atom is -0.467 e. The topological polar surface area (TPSA) is 94.6 Å². The van der Waals surface area contributed by atoms with E-state index in [1.807, 2.05) is 37.3 Å². The fourth-order valence-corrected chi connectivity index (χ4v) is 4.45. The predicted octanol–water partition coefficient (Wildman–Crippen LogP) is 4.18. The van der Waals surface area contributed by atoms with Crippen molar-refractivity contribution in [2.45, 2.75) is 90.0 Å². The number of methoxy groups -OCH3 is 2. The Labute approximate surface area is 221 Å². The van der Waals surface area contributed by atoms with Gasteiger partial charge in [-0.15, -0.1) is 0 Å². The van der Waals surface area contributed by atoms with Crippen molar-refractivity contribution in [3.05, 3.63) is 35.9 Å². The second kappa shape index (κ2) is 14.9. The van der Waals surface area contributed by atoms with Crippen LogP contribution in [0.1, 0.15) is 65.4 Å². The Morgan fingerprint density at radius 3 is 2.24 bits per heavy atom. The van der Waals surface area contributed by atoms with Crippen molar-refractivity contribution < 1.29 is 33.3 Å². The summed E-state index contributed by atoms with van der Waals surface area (Å²) in [5.74, 6) is -0.776. The first-order valence-corrected chi connectivity index (χ1v) is 13.1. The molecular formula is C28H44N2O7. The molecule has 1 aromatic carbocycles. The third-order valence-electron chi connectivity index (χ3n) is 6.31. The van der Waals surface area contributed by atoms with Crippen molar-refractivity contribution in [3.8, 4) is 0 Å². The normalized spacial score (nSPS) is 16.1. The summed E-state index contributed by atoms with van der Waals surface area (Å²) in [4.78, 5) is 43.8. The second-order valence-electron chi connectivity index (χ2n) is 10.4. The van der Waals surface area contributed by atoms with Crippen LogP contribution in [-0.4, -0.2) is 85.7 Å². The zero-order valence-electron chi connectivity index (χ0n) is 23.2. The first-order valence-electron chi connectivity index (χ1n) is 13.1. The van der Waals surface area contributed by atoms with Crippen molar-refractivity contribution in [2.24, 2.45) is 0 Å². The van der Waals surface area contributed by atoms with Gasteiger partial charge in [-0.05, 0) is 45.6 Å². The molecule has 1 heterocycles. The van der Waals surface area contributed by atoms with Gasteiger partial charge < -0.3 is 23.8 Å². The Hall–Kier alpha value is -2.65. The number of piperidine rings is 1. The number of amides is 2. The average Bonchev–Trinajstić information content (AvgIpc) is 2.87. The molecule has 1 saturated heterocycles. The minimum absolute atomic E-state index is 0.00547. The predicted molar refractivity (Wildman–Crippen MR) is 140 cm³/mol. The number of likely N-dealkylation sites (tertiary alicyclic amines) is 1. The number of esters is 1. The quantitative estimate of drug-likeness (QED) is 0.301. The SMILES string of the molecule is CCCC[C@@H](C(=O)OC)N(C(=O)OC(C)(C)C)[C@@H](Cc1ccccc1)C(=O)N1CCC(OCOC)CC1. The zero-order valence-corrected chi connectivity index (χ0v) is 23.2. The second-order valence-corrected chi connectivity index (χ2v) is 10.4. The summed E-state index contributed by atoms with van der Waals surface area (Å²) in [6, 6.07) is 7.63. The molecule has 2 rings (SSSR count). The maximum absolute atomic E-state index is 14.1. The van der Waals surface area contributed by atoms with Crippen LogP contribution in [0.3, 0.4) is 0 Å². The minimum atomic E-state index is -0.944. The summed E-state index contributed by atoms with van der Waals surface area (Å²) >= 11 is 0. The first-order chi connectivity index (χ1) is 17.6. The maximum Gasteiger partial charge on any atom is 0.411 e. The Bertz CT molecular complexity index is 848. The standard InChI is InChI=1S/C28H44N2O7/c1-7-8-14-23(26(32)35-6)30(27(33)37-28(2,3)4)24(19-21-12-10-9-11-13-21)25(31)29-17-15-22(16-18-29)36-20-34-5/h9-13,22-24H,7-8,14-20H2,1-6H3/t23-,24-/m0/s1. The van der Waals surface area contributed by atoms with Gasteiger partial charge in [0.05, 0.1) is 13.2 Å². The average molecular weight is 521 g/mol. The molecule has 2 amide bonds. The Morgan fingerprint density at radius 1 is 1.05 bits per heavy atom. The van der Waals surface area contributed by atoms with E-state index in [0.29, 0.717) is 38.8 Å². The molecule has 0 unspecified atom stereocenters. The van der Waals surface area contributed by atoms with Crippen LogP contribution in [0.15, 0.2) is 30.3 Å². The number of unbranched alkanes of at least 4 members (excludes halogenated alkanes) is 1. The molecule has 0 aliphatic carbocycles. The van der Waals surface area contributed by atoms with Gasteiger partial charge in [0, 0.05) is 26.6 Å². The van der Waals surface area contributed by atoms with Gasteiger partial charge in [0.15, 0.2) is 0 Å². The van der Waals surface area contributed by atoms with Crippen molar-refractivity contribution in [1.29, 1.82) is 0 Å². The van der Waals surface area contributed by atoms with Crippen molar-refractivity contribution >= 4 is 18.0 Å². The van der Waals surface area contributed by atoms with Crippen LogP contribution in [0.2, 0.25) is 0 Å². The van der Waals surface area contributed by atoms with Crippen LogP contribution in [0.25, 0.3) is 0 Å². The molecule has 0 radical (unpaired) electrons. The number of carbonyl (C=O) groups is 3. The summed E-state index contributed by atoms with van der Waals surface area (Å²) in [6.45, 7) is 8.48. The Morgan fingerprint density at radius 2 is 1.70 bits per heavy atom. The molecule has 9 nitrogen and oxygen atoms in total. The molecule has 0 aromatic heterocycles. The molecule has 9 heteroatoms. The van der Waals surface area contributed by atoms with Crippen LogP contribution < -0.4 is 0 Å². The first kappa shape index (κ1) is 30.6. The molecule has 0 N–H and O–H groups in total. The lowest BCUT2D eigenvalue weighted by atomic mass is 9.98. The van der Waals surface area contributed by atoms with Gasteiger partial charge in [0.25, 0.3) is 0 Å². The maximum atomic E-state index is 14.1. The van der Waals surface area contributed by atoms with Crippen LogP contribution in [0.4, 0.5) is 4.79 Å². The Kier molecular flexibility index (Phi) is 12.3. The van der Waals surface area contributed by atoms with Crippen molar-refractivity contribution in [2.75, 3.05) is 34.1 Å². The van der Waals surface area contributed by atoms with E-state index in [9.17, 15) is 14.4 Å². The number of hydrogen-bond acceptors (Lipinski definition) is 7. The fraction of sp³-hybridized carbons (Fsp3) is 0.679. The van der Waals surface area contributed by atoms with Gasteiger partial charge in [0.1, 0.15) is 24.5 Å². The molecule has 0 bridgehead atoms. The Balaban J connectivity index is 2.45. The highest BCUT2D eigenvalue weighted by molar-refractivity contribution is 5.89. The number of benzene rings is 1. The summed E-state index contributed by atoms with van der Waals surface area (Å²) < 4.78 is 21.5. The van der Waals surface area contributed by atoms with E-state index in [-0.39, 0.29) is 25.2 Å². The summed E-state index contributed by atoms with van der Waals surface area (Å²) in [7, 11) is 2.88. The van der Waals surface area contributed by atoms with E-state index < -0.39 is 29.7 Å². The summed E-state index contributed by atoms with van der Waals surface area (Å²) in [5, 5.41) is 0. The number of ether oxygens (including phenoxy) is 4. The van der Waals surface area contributed by atoms with E-state index in [1.54, 1.807) is 32.8 Å². The van der Waals surface area contributed by atoms with Gasteiger partial charge in [0.2, 0.25) is 5.91 Å². The molecule has 2 atom stereocenters. The highest BCUT2D eigenvalue weighted by Crippen LogP contribution is 2.25. The lowest BCUT2D eigenvalue weighted by Crippen LogP contribution is -2.59. The summed E-state index contributed by atoms with van der Waals surface area (Å²) in [5.41, 5.74) is 0.0739. The van der Waals surface area contributed by atoms with Gasteiger partial charge in [-0.3, -0.25) is 9.69 Å². The van der Waals surface area contributed by atoms with Gasteiger partial charge >= 0.3 is 12.1 Å². The number of hydrogen-bond donors (Lipinski definition) is 0. The van der Waals surface area contributed by atoms with E-state index in [1.165, 1.54) is 12.0 Å². The van der Waals surface area contributed by atoms with Crippen LogP contribution >= 0.6 is 0 Å². The highest BCUT2D eigenvalue weighted by atomic mass is 16.7. The molecule has 37 heavy (non-hydrogen) atoms. The van der Waals surface area contributed by atoms with E-state index >= 15 is 0 Å². The van der Waals surface area contributed by atoms with E-state index in [2.05, 4.69) is 0 Å². The van der Waals surface area contributed by atoms with Crippen molar-refractivity contribution in [1.82, 2.24) is 9.80 Å². The molecule has 208 valence electrons. The van der Waals surface area contributed by atoms with Gasteiger partial charge in [-0.2, -0.15) is 0 Å². The third-order valence-corrected chi connectivity index (χ3v) is 6.31. The number of carbonyl (C=O) groups excluding carboxylic acids is 3. The van der Waals surface area contributed by atoms with E-state index in [0.717, 1.165) is 12.0 Å².